The molecule has 3 aromatic rings. The molecule has 7 heteroatoms. The summed E-state index contributed by atoms with van der Waals surface area (Å²) in [5, 5.41) is 3.80. The third-order valence-corrected chi connectivity index (χ3v) is 5.59. The molecule has 0 bridgehead atoms. The van der Waals surface area contributed by atoms with E-state index in [2.05, 4.69) is 38.2 Å². The molecular formula is C22H22BrN3O3. The number of hydrogen-bond acceptors (Lipinski definition) is 5. The minimum absolute atomic E-state index is 0.0740. The largest absolute Gasteiger partial charge is 0.485 e. The molecule has 0 saturated carbocycles. The lowest BCUT2D eigenvalue weighted by Gasteiger charge is -2.25. The number of nitrogens with zero attached hydrogens (tertiary/aromatic N) is 3. The van der Waals surface area contributed by atoms with Gasteiger partial charge in [0.2, 0.25) is 11.7 Å². The van der Waals surface area contributed by atoms with Gasteiger partial charge in [0.1, 0.15) is 5.75 Å². The number of aromatic nitrogens is 2. The molecule has 2 heterocycles. The maximum absolute atomic E-state index is 13.0. The van der Waals surface area contributed by atoms with Crippen molar-refractivity contribution in [3.63, 3.8) is 0 Å². The predicted octanol–water partition coefficient (Wildman–Crippen LogP) is 4.57. The van der Waals surface area contributed by atoms with Crippen molar-refractivity contribution >= 4 is 21.8 Å². The quantitative estimate of drug-likeness (QED) is 0.544. The Bertz CT molecular complexity index is 970. The van der Waals surface area contributed by atoms with Gasteiger partial charge in [-0.05, 0) is 61.2 Å². The standard InChI is InChI=1S/C22H22BrN3O3/c1-15-24-21(25-29-15)14-28-20-10-6-17(7-11-20)22(27)26-12-2-3-19(26)13-16-4-8-18(23)9-5-16/h4-11,19H,2-3,12-14H2,1H3/t19-/m0/s1. The molecule has 6 nitrogen and oxygen atoms in total. The number of rotatable bonds is 6. The molecule has 2 aromatic carbocycles. The summed E-state index contributed by atoms with van der Waals surface area (Å²) in [5.74, 6) is 1.74. The van der Waals surface area contributed by atoms with Gasteiger partial charge >= 0.3 is 0 Å². The molecule has 0 spiro atoms. The number of halogens is 1. The van der Waals surface area contributed by atoms with Gasteiger partial charge in [0, 0.05) is 29.5 Å². The van der Waals surface area contributed by atoms with Gasteiger partial charge < -0.3 is 14.2 Å². The summed E-state index contributed by atoms with van der Waals surface area (Å²) in [7, 11) is 0. The van der Waals surface area contributed by atoms with Gasteiger partial charge in [-0.15, -0.1) is 0 Å². The van der Waals surface area contributed by atoms with Crippen LogP contribution in [0.4, 0.5) is 0 Å². The van der Waals surface area contributed by atoms with Crippen LogP contribution in [-0.2, 0) is 13.0 Å². The summed E-state index contributed by atoms with van der Waals surface area (Å²) >= 11 is 3.47. The maximum Gasteiger partial charge on any atom is 0.254 e. The smallest absolute Gasteiger partial charge is 0.254 e. The van der Waals surface area contributed by atoms with Gasteiger partial charge in [0.15, 0.2) is 6.61 Å². The van der Waals surface area contributed by atoms with Crippen molar-refractivity contribution in [3.05, 3.63) is 75.8 Å². The van der Waals surface area contributed by atoms with E-state index in [0.717, 1.165) is 30.3 Å². The number of carbonyl (C=O) groups is 1. The summed E-state index contributed by atoms with van der Waals surface area (Å²) in [5.41, 5.74) is 1.92. The Morgan fingerprint density at radius 2 is 1.97 bits per heavy atom. The van der Waals surface area contributed by atoms with Crippen molar-refractivity contribution in [2.24, 2.45) is 0 Å². The van der Waals surface area contributed by atoms with E-state index < -0.39 is 0 Å². The molecule has 4 rings (SSSR count). The lowest BCUT2D eigenvalue weighted by Crippen LogP contribution is -2.36. The van der Waals surface area contributed by atoms with Crippen molar-refractivity contribution in [2.45, 2.75) is 38.8 Å². The zero-order chi connectivity index (χ0) is 20.2. The second kappa shape index (κ2) is 8.78. The highest BCUT2D eigenvalue weighted by Gasteiger charge is 2.29. The van der Waals surface area contributed by atoms with Gasteiger partial charge in [0.05, 0.1) is 0 Å². The molecule has 1 fully saturated rings. The fourth-order valence-electron chi connectivity index (χ4n) is 3.62. The first-order valence-electron chi connectivity index (χ1n) is 9.66. The Hall–Kier alpha value is -2.67. The van der Waals surface area contributed by atoms with E-state index in [1.165, 1.54) is 5.56 Å². The number of amides is 1. The van der Waals surface area contributed by atoms with Crippen molar-refractivity contribution in [2.75, 3.05) is 6.54 Å². The average Bonchev–Trinajstić information content (AvgIpc) is 3.37. The van der Waals surface area contributed by atoms with E-state index in [-0.39, 0.29) is 18.6 Å². The SMILES string of the molecule is Cc1nc(COc2ccc(C(=O)N3CCC[C@H]3Cc3ccc(Br)cc3)cc2)no1. The van der Waals surface area contributed by atoms with E-state index in [0.29, 0.717) is 23.0 Å². The summed E-state index contributed by atoms with van der Waals surface area (Å²) in [6.45, 7) is 2.76. The fourth-order valence-corrected chi connectivity index (χ4v) is 3.88. The Morgan fingerprint density at radius 3 is 2.66 bits per heavy atom. The van der Waals surface area contributed by atoms with E-state index in [4.69, 9.17) is 9.26 Å². The highest BCUT2D eigenvalue weighted by Crippen LogP contribution is 2.25. The highest BCUT2D eigenvalue weighted by atomic mass is 79.9. The van der Waals surface area contributed by atoms with Crippen LogP contribution >= 0.6 is 15.9 Å². The van der Waals surface area contributed by atoms with Crippen LogP contribution in [0.2, 0.25) is 0 Å². The van der Waals surface area contributed by atoms with Crippen LogP contribution in [0.15, 0.2) is 57.5 Å². The molecule has 150 valence electrons. The van der Waals surface area contributed by atoms with Gasteiger partial charge in [-0.25, -0.2) is 0 Å². The predicted molar refractivity (Wildman–Crippen MR) is 112 cm³/mol. The molecular weight excluding hydrogens is 434 g/mol. The Balaban J connectivity index is 1.38. The first-order valence-corrected chi connectivity index (χ1v) is 10.5. The monoisotopic (exact) mass is 455 g/mol. The normalized spacial score (nSPS) is 16.2. The van der Waals surface area contributed by atoms with Crippen molar-refractivity contribution in [1.29, 1.82) is 0 Å². The minimum Gasteiger partial charge on any atom is -0.485 e. The average molecular weight is 456 g/mol. The van der Waals surface area contributed by atoms with Crippen LogP contribution < -0.4 is 4.74 Å². The van der Waals surface area contributed by atoms with Crippen LogP contribution in [0, 0.1) is 6.92 Å². The summed E-state index contributed by atoms with van der Waals surface area (Å²) in [6.07, 6.45) is 2.95. The first-order chi connectivity index (χ1) is 14.1. The lowest BCUT2D eigenvalue weighted by atomic mass is 10.0. The van der Waals surface area contributed by atoms with Gasteiger partial charge in [0.25, 0.3) is 5.91 Å². The number of hydrogen-bond donors (Lipinski definition) is 0. The fraction of sp³-hybridized carbons (Fsp3) is 0.318. The van der Waals surface area contributed by atoms with Crippen LogP contribution in [0.25, 0.3) is 0 Å². The Morgan fingerprint density at radius 1 is 1.21 bits per heavy atom. The Labute approximate surface area is 178 Å². The molecule has 1 atom stereocenters. The van der Waals surface area contributed by atoms with Crippen LogP contribution in [-0.4, -0.2) is 33.5 Å². The van der Waals surface area contributed by atoms with E-state index in [1.807, 2.05) is 29.2 Å². The molecule has 1 aliphatic heterocycles. The number of benzene rings is 2. The third kappa shape index (κ3) is 4.85. The summed E-state index contributed by atoms with van der Waals surface area (Å²) in [6, 6.07) is 15.8. The van der Waals surface area contributed by atoms with Crippen molar-refractivity contribution in [3.8, 4) is 5.75 Å². The third-order valence-electron chi connectivity index (χ3n) is 5.06. The highest BCUT2D eigenvalue weighted by molar-refractivity contribution is 9.10. The minimum atomic E-state index is 0.0740. The molecule has 0 radical (unpaired) electrons. The topological polar surface area (TPSA) is 68.5 Å². The molecule has 1 aromatic heterocycles. The van der Waals surface area contributed by atoms with E-state index in [1.54, 1.807) is 19.1 Å². The number of ether oxygens (including phenoxy) is 1. The van der Waals surface area contributed by atoms with E-state index in [9.17, 15) is 4.79 Å². The Kier molecular flexibility index (Phi) is 5.94. The van der Waals surface area contributed by atoms with Crippen LogP contribution in [0.3, 0.4) is 0 Å². The second-order valence-electron chi connectivity index (χ2n) is 7.17. The van der Waals surface area contributed by atoms with Gasteiger partial charge in [-0.1, -0.05) is 33.2 Å². The molecule has 29 heavy (non-hydrogen) atoms. The summed E-state index contributed by atoms with van der Waals surface area (Å²) < 4.78 is 11.7. The first kappa shape index (κ1) is 19.6. The maximum atomic E-state index is 13.0. The summed E-state index contributed by atoms with van der Waals surface area (Å²) in [4.78, 5) is 19.1. The zero-order valence-corrected chi connectivity index (χ0v) is 17.8. The number of likely N-dealkylation sites (tertiary alicyclic amines) is 1. The van der Waals surface area contributed by atoms with Gasteiger partial charge in [-0.2, -0.15) is 4.98 Å². The van der Waals surface area contributed by atoms with Crippen LogP contribution in [0.1, 0.15) is 40.5 Å². The number of aryl methyl sites for hydroxylation is 1. The molecule has 0 unspecified atom stereocenters. The molecule has 0 aliphatic carbocycles. The number of carbonyl (C=O) groups excluding carboxylic acids is 1. The van der Waals surface area contributed by atoms with Gasteiger partial charge in [-0.3, -0.25) is 4.79 Å². The lowest BCUT2D eigenvalue weighted by molar-refractivity contribution is 0.0736. The zero-order valence-electron chi connectivity index (χ0n) is 16.2. The molecule has 0 N–H and O–H groups in total. The molecule has 1 saturated heterocycles. The van der Waals surface area contributed by atoms with E-state index >= 15 is 0 Å². The molecule has 1 amide bonds. The van der Waals surface area contributed by atoms with Crippen LogP contribution in [0.5, 0.6) is 5.75 Å². The second-order valence-corrected chi connectivity index (χ2v) is 8.08. The van der Waals surface area contributed by atoms with Crippen molar-refractivity contribution in [1.82, 2.24) is 15.0 Å². The molecule has 1 aliphatic rings. The van der Waals surface area contributed by atoms with Crippen molar-refractivity contribution < 1.29 is 14.1 Å².